The summed E-state index contributed by atoms with van der Waals surface area (Å²) in [6.07, 6.45) is 6.16. The molecule has 0 aliphatic carbocycles. The molecular weight excluding hydrogens is 667 g/mol. The lowest BCUT2D eigenvalue weighted by atomic mass is 9.95. The maximum Gasteiger partial charge on any atom is 0.0752 e. The zero-order chi connectivity index (χ0) is 32.4. The van der Waals surface area contributed by atoms with Gasteiger partial charge in [-0.25, -0.2) is 0 Å². The first-order valence-corrected chi connectivity index (χ1v) is 16.8. The average Bonchev–Trinajstić information content (AvgIpc) is 3.05. The number of aryl methyl sites for hydroxylation is 5. The van der Waals surface area contributed by atoms with Crippen molar-refractivity contribution in [2.45, 2.75) is 80.4 Å². The molecule has 1 aliphatic heterocycles. The topological polar surface area (TPSA) is 32.3 Å². The van der Waals surface area contributed by atoms with Gasteiger partial charge in [-0.3, -0.25) is 14.9 Å². The summed E-state index contributed by atoms with van der Waals surface area (Å²) < 4.78 is 0. The van der Waals surface area contributed by atoms with Crippen LogP contribution in [0.25, 0.3) is 22.5 Å². The van der Waals surface area contributed by atoms with E-state index < -0.39 is 0 Å². The Balaban J connectivity index is 0.00000217. The van der Waals surface area contributed by atoms with Gasteiger partial charge in [-0.2, -0.15) is 0 Å². The third-order valence-electron chi connectivity index (χ3n) is 10.2. The van der Waals surface area contributed by atoms with Crippen molar-refractivity contribution in [3.8, 4) is 22.5 Å². The van der Waals surface area contributed by atoms with Crippen molar-refractivity contribution >= 4 is 42.9 Å². The van der Waals surface area contributed by atoms with E-state index in [1.54, 1.807) is 0 Å². The lowest BCUT2D eigenvalue weighted by Crippen LogP contribution is -2.44. The molecular formula is C42H51Cl3N4. The van der Waals surface area contributed by atoms with E-state index in [1.807, 2.05) is 12.4 Å². The van der Waals surface area contributed by atoms with Gasteiger partial charge in [0.05, 0.1) is 11.4 Å². The molecule has 0 N–H and O–H groups in total. The molecule has 0 atom stereocenters. The van der Waals surface area contributed by atoms with Crippen molar-refractivity contribution in [1.82, 2.24) is 14.9 Å². The molecule has 1 fully saturated rings. The molecule has 6 rings (SSSR count). The van der Waals surface area contributed by atoms with Gasteiger partial charge in [-0.1, -0.05) is 18.2 Å². The highest BCUT2D eigenvalue weighted by Crippen LogP contribution is 2.32. The fourth-order valence-corrected chi connectivity index (χ4v) is 6.98. The zero-order valence-electron chi connectivity index (χ0n) is 29.9. The lowest BCUT2D eigenvalue weighted by molar-refractivity contribution is 0.201. The van der Waals surface area contributed by atoms with E-state index in [9.17, 15) is 0 Å². The van der Waals surface area contributed by atoms with Crippen LogP contribution >= 0.6 is 37.2 Å². The molecule has 49 heavy (non-hydrogen) atoms. The molecule has 4 nitrogen and oxygen atoms in total. The number of anilines is 1. The largest absolute Gasteiger partial charge is 0.364 e. The van der Waals surface area contributed by atoms with E-state index >= 15 is 0 Å². The first-order chi connectivity index (χ1) is 22.2. The van der Waals surface area contributed by atoms with E-state index in [4.69, 9.17) is 9.97 Å². The number of hydrogen-bond donors (Lipinski definition) is 0. The molecule has 3 aromatic carbocycles. The molecule has 5 aromatic rings. The molecule has 0 unspecified atom stereocenters. The van der Waals surface area contributed by atoms with Gasteiger partial charge in [0.1, 0.15) is 0 Å². The number of hydrogen-bond acceptors (Lipinski definition) is 4. The Labute approximate surface area is 312 Å². The van der Waals surface area contributed by atoms with E-state index in [0.717, 1.165) is 50.4 Å². The van der Waals surface area contributed by atoms with Crippen molar-refractivity contribution in [1.29, 1.82) is 0 Å². The smallest absolute Gasteiger partial charge is 0.0752 e. The molecule has 0 spiro atoms. The number of pyridine rings is 2. The standard InChI is InChI=1S/C42H48N4.3ClH/c1-28-10-8-12-40(20-28)46(27-36-11-9-16-44-42(36)38-23-31(4)34(7)32(5)24-38)39-14-18-45(19-15-39)26-35-13-17-43-41(25-35)37-21-29(2)33(6)30(3)22-37;;;/h8-13,16-17,20-25,39H,14-15,18-19,26-27H2,1-7H3;3*1H. The Morgan fingerprint density at radius 1 is 0.653 bits per heavy atom. The molecule has 7 heteroatoms. The van der Waals surface area contributed by atoms with Crippen molar-refractivity contribution < 1.29 is 0 Å². The highest BCUT2D eigenvalue weighted by molar-refractivity contribution is 5.86. The van der Waals surface area contributed by atoms with Crippen molar-refractivity contribution in [3.05, 3.63) is 135 Å². The Kier molecular flexibility index (Phi) is 14.3. The van der Waals surface area contributed by atoms with Crippen molar-refractivity contribution in [2.75, 3.05) is 18.0 Å². The summed E-state index contributed by atoms with van der Waals surface area (Å²) in [4.78, 5) is 14.9. The summed E-state index contributed by atoms with van der Waals surface area (Å²) in [5.74, 6) is 0. The van der Waals surface area contributed by atoms with Crippen molar-refractivity contribution in [2.24, 2.45) is 0 Å². The van der Waals surface area contributed by atoms with E-state index in [-0.39, 0.29) is 37.2 Å². The van der Waals surface area contributed by atoms with Crippen LogP contribution in [0.4, 0.5) is 5.69 Å². The maximum absolute atomic E-state index is 4.93. The van der Waals surface area contributed by atoms with Crippen LogP contribution in [0.3, 0.4) is 0 Å². The van der Waals surface area contributed by atoms with Crippen LogP contribution in [-0.4, -0.2) is 34.0 Å². The van der Waals surface area contributed by atoms with E-state index in [0.29, 0.717) is 6.04 Å². The molecule has 1 aliphatic rings. The maximum atomic E-state index is 4.93. The minimum absolute atomic E-state index is 0. The van der Waals surface area contributed by atoms with Crippen LogP contribution in [0.5, 0.6) is 0 Å². The van der Waals surface area contributed by atoms with Gasteiger partial charge in [0, 0.05) is 61.4 Å². The first kappa shape index (κ1) is 40.0. The second-order valence-electron chi connectivity index (χ2n) is 13.5. The summed E-state index contributed by atoms with van der Waals surface area (Å²) in [6, 6.07) is 27.4. The summed E-state index contributed by atoms with van der Waals surface area (Å²) >= 11 is 0. The molecule has 260 valence electrons. The molecule has 0 radical (unpaired) electrons. The number of likely N-dealkylation sites (tertiary alicyclic amines) is 1. The molecule has 1 saturated heterocycles. The minimum atomic E-state index is 0. The van der Waals surface area contributed by atoms with E-state index in [2.05, 4.69) is 131 Å². The van der Waals surface area contributed by atoms with Gasteiger partial charge < -0.3 is 4.90 Å². The second kappa shape index (κ2) is 17.5. The Bertz CT molecular complexity index is 1820. The monoisotopic (exact) mass is 716 g/mol. The van der Waals surface area contributed by atoms with Crippen molar-refractivity contribution in [3.63, 3.8) is 0 Å². The number of benzene rings is 3. The molecule has 2 aromatic heterocycles. The van der Waals surface area contributed by atoms with Crippen LogP contribution in [0.1, 0.15) is 62.9 Å². The summed E-state index contributed by atoms with van der Waals surface area (Å²) in [6.45, 7) is 19.3. The van der Waals surface area contributed by atoms with Gasteiger partial charge in [0.25, 0.3) is 0 Å². The fraction of sp³-hybridized carbons (Fsp3) is 0.333. The number of aromatic nitrogens is 2. The quantitative estimate of drug-likeness (QED) is 0.160. The van der Waals surface area contributed by atoms with Crippen LogP contribution in [-0.2, 0) is 13.1 Å². The Hall–Kier alpha value is -3.41. The Morgan fingerprint density at radius 2 is 1.27 bits per heavy atom. The number of nitrogens with zero attached hydrogens (tertiary/aromatic N) is 4. The Morgan fingerprint density at radius 3 is 1.88 bits per heavy atom. The summed E-state index contributed by atoms with van der Waals surface area (Å²) in [7, 11) is 0. The van der Waals surface area contributed by atoms with Gasteiger partial charge >= 0.3 is 0 Å². The van der Waals surface area contributed by atoms with Gasteiger partial charge in [-0.15, -0.1) is 37.2 Å². The van der Waals surface area contributed by atoms with Crippen LogP contribution in [0, 0.1) is 48.5 Å². The SMILES string of the molecule is Cc1cccc(N(Cc2cccnc2-c2cc(C)c(C)c(C)c2)C2CCN(Cc3ccnc(-c4cc(C)c(C)c(C)c4)c3)CC2)c1.Cl.Cl.Cl. The first-order valence-electron chi connectivity index (χ1n) is 16.8. The highest BCUT2D eigenvalue weighted by Gasteiger charge is 2.26. The van der Waals surface area contributed by atoms with E-state index in [1.165, 1.54) is 66.9 Å². The molecule has 3 heterocycles. The van der Waals surface area contributed by atoms with Crippen LogP contribution in [0.15, 0.2) is 85.2 Å². The minimum Gasteiger partial charge on any atom is -0.364 e. The summed E-state index contributed by atoms with van der Waals surface area (Å²) in [5, 5.41) is 0. The predicted octanol–water partition coefficient (Wildman–Crippen LogP) is 10.9. The molecule has 0 amide bonds. The normalized spacial score (nSPS) is 13.2. The molecule has 0 saturated carbocycles. The predicted molar refractivity (Wildman–Crippen MR) is 215 cm³/mol. The lowest BCUT2D eigenvalue weighted by Gasteiger charge is -2.40. The number of halogens is 3. The van der Waals surface area contributed by atoms with Gasteiger partial charge in [0.15, 0.2) is 0 Å². The second-order valence-corrected chi connectivity index (χ2v) is 13.5. The highest BCUT2D eigenvalue weighted by atomic mass is 35.5. The third kappa shape index (κ3) is 9.23. The number of piperidine rings is 1. The van der Waals surface area contributed by atoms with Crippen LogP contribution in [0.2, 0.25) is 0 Å². The summed E-state index contributed by atoms with van der Waals surface area (Å²) in [5.41, 5.74) is 17.8. The van der Waals surface area contributed by atoms with Crippen LogP contribution < -0.4 is 4.90 Å². The average molecular weight is 718 g/mol. The van der Waals surface area contributed by atoms with Gasteiger partial charge in [-0.05, 0) is 166 Å². The zero-order valence-corrected chi connectivity index (χ0v) is 32.4. The van der Waals surface area contributed by atoms with Gasteiger partial charge in [0.2, 0.25) is 0 Å². The fourth-order valence-electron chi connectivity index (χ4n) is 6.98. The number of rotatable bonds is 8. The third-order valence-corrected chi connectivity index (χ3v) is 10.2. The molecule has 0 bridgehead atoms.